The normalized spacial score (nSPS) is 13.9. The monoisotopic (exact) mass is 280 g/mol. The molecule has 1 aliphatic carbocycles. The third kappa shape index (κ3) is 3.47. The molecule has 0 fully saturated rings. The fraction of sp³-hybridized carbons (Fsp3) is 0.500. The summed E-state index contributed by atoms with van der Waals surface area (Å²) in [4.78, 5) is 2.93. The molecule has 19 heavy (non-hydrogen) atoms. The summed E-state index contributed by atoms with van der Waals surface area (Å²) >= 11 is 0. The maximum atomic E-state index is 12.1. The Bertz CT molecular complexity index is 606. The Balaban J connectivity index is 2.01. The van der Waals surface area contributed by atoms with E-state index < -0.39 is 10.0 Å². The zero-order valence-corrected chi connectivity index (χ0v) is 11.4. The van der Waals surface area contributed by atoms with Gasteiger partial charge in [0.2, 0.25) is 10.0 Å². The molecule has 0 atom stereocenters. The Kier molecular flexibility index (Phi) is 4.42. The van der Waals surface area contributed by atoms with Crippen LogP contribution in [0.3, 0.4) is 0 Å². The molecule has 0 bridgehead atoms. The highest BCUT2D eigenvalue weighted by atomic mass is 32.2. The number of fused-ring (bicyclic) bond motifs is 1. The summed E-state index contributed by atoms with van der Waals surface area (Å²) in [6.45, 7) is 0.571. The summed E-state index contributed by atoms with van der Waals surface area (Å²) in [5.74, 6) is 0. The highest BCUT2D eigenvalue weighted by Gasteiger charge is 2.17. The second kappa shape index (κ2) is 6.06. The van der Waals surface area contributed by atoms with Gasteiger partial charge in [0.25, 0.3) is 0 Å². The Hall–Kier alpha value is -1.56. The number of nitrogens with zero attached hydrogens (tertiary/aromatic N) is 3. The molecule has 2 rings (SSSR count). The zero-order valence-electron chi connectivity index (χ0n) is 10.5. The number of sulfonamides is 1. The Morgan fingerprint density at radius 1 is 1.32 bits per heavy atom. The summed E-state index contributed by atoms with van der Waals surface area (Å²) in [5.41, 5.74) is 10.5. The van der Waals surface area contributed by atoms with Gasteiger partial charge in [-0.2, -0.15) is 0 Å². The van der Waals surface area contributed by atoms with Gasteiger partial charge in [-0.05, 0) is 54.5 Å². The van der Waals surface area contributed by atoms with Crippen LogP contribution in [0.15, 0.2) is 28.2 Å². The van der Waals surface area contributed by atoms with Crippen LogP contribution in [-0.4, -0.2) is 21.5 Å². The highest BCUT2D eigenvalue weighted by molar-refractivity contribution is 7.89. The molecule has 102 valence electrons. The lowest BCUT2D eigenvalue weighted by Crippen LogP contribution is -2.25. The van der Waals surface area contributed by atoms with Crippen LogP contribution in [0.5, 0.6) is 0 Å². The van der Waals surface area contributed by atoms with Gasteiger partial charge in [0.05, 0.1) is 4.90 Å². The molecule has 0 aliphatic heterocycles. The van der Waals surface area contributed by atoms with Crippen LogP contribution in [-0.2, 0) is 22.9 Å². The SMILES string of the molecule is [N-]=[N+]=NCCCNS(=O)(=O)c1ccc2c(c1)CCC2. The van der Waals surface area contributed by atoms with Crippen LogP contribution in [0.1, 0.15) is 24.0 Å². The van der Waals surface area contributed by atoms with Crippen LogP contribution < -0.4 is 4.72 Å². The minimum Gasteiger partial charge on any atom is -0.211 e. The van der Waals surface area contributed by atoms with E-state index in [2.05, 4.69) is 14.7 Å². The Morgan fingerprint density at radius 2 is 2.11 bits per heavy atom. The predicted octanol–water partition coefficient (Wildman–Crippen LogP) is 2.15. The number of hydrogen-bond donors (Lipinski definition) is 1. The summed E-state index contributed by atoms with van der Waals surface area (Å²) in [6, 6.07) is 5.31. The number of rotatable bonds is 6. The zero-order chi connectivity index (χ0) is 13.7. The quantitative estimate of drug-likeness (QED) is 0.374. The van der Waals surface area contributed by atoms with E-state index in [0.29, 0.717) is 17.9 Å². The van der Waals surface area contributed by atoms with Crippen molar-refractivity contribution < 1.29 is 8.42 Å². The van der Waals surface area contributed by atoms with E-state index in [9.17, 15) is 8.42 Å². The van der Waals surface area contributed by atoms with Crippen molar-refractivity contribution in [1.82, 2.24) is 4.72 Å². The van der Waals surface area contributed by atoms with Crippen molar-refractivity contribution in [2.24, 2.45) is 5.11 Å². The molecule has 0 heterocycles. The molecule has 7 heteroatoms. The number of azide groups is 1. The van der Waals surface area contributed by atoms with Gasteiger partial charge in [-0.1, -0.05) is 11.2 Å². The number of hydrogen-bond acceptors (Lipinski definition) is 3. The van der Waals surface area contributed by atoms with Crippen molar-refractivity contribution in [3.63, 3.8) is 0 Å². The minimum atomic E-state index is -3.45. The van der Waals surface area contributed by atoms with Crippen LogP contribution in [0.4, 0.5) is 0 Å². The van der Waals surface area contributed by atoms with E-state index in [1.807, 2.05) is 6.07 Å². The molecule has 0 saturated carbocycles. The number of benzene rings is 1. The molecule has 1 aromatic rings. The van der Waals surface area contributed by atoms with Gasteiger partial charge in [-0.15, -0.1) is 0 Å². The van der Waals surface area contributed by atoms with E-state index in [4.69, 9.17) is 5.53 Å². The standard InChI is InChI=1S/C12H16N4O2S/c13-16-14-7-2-8-15-19(17,18)12-6-5-10-3-1-4-11(10)9-12/h5-6,9,15H,1-4,7-8H2. The van der Waals surface area contributed by atoms with Gasteiger partial charge in [0, 0.05) is 18.0 Å². The summed E-state index contributed by atoms with van der Waals surface area (Å²) in [5, 5.41) is 3.36. The third-order valence-corrected chi connectivity index (χ3v) is 4.63. The van der Waals surface area contributed by atoms with E-state index >= 15 is 0 Å². The van der Waals surface area contributed by atoms with Crippen molar-refractivity contribution in [3.05, 3.63) is 39.8 Å². The molecule has 0 spiro atoms. The molecule has 0 saturated heterocycles. The van der Waals surface area contributed by atoms with E-state index in [-0.39, 0.29) is 6.54 Å². The van der Waals surface area contributed by atoms with E-state index in [1.54, 1.807) is 12.1 Å². The second-order valence-corrected chi connectivity index (χ2v) is 6.26. The summed E-state index contributed by atoms with van der Waals surface area (Å²) in [6.07, 6.45) is 3.58. The first-order valence-corrected chi connectivity index (χ1v) is 7.74. The van der Waals surface area contributed by atoms with Crippen molar-refractivity contribution in [3.8, 4) is 0 Å². The maximum absolute atomic E-state index is 12.1. The summed E-state index contributed by atoms with van der Waals surface area (Å²) < 4.78 is 26.6. The molecule has 1 aliphatic rings. The van der Waals surface area contributed by atoms with Crippen LogP contribution in [0.2, 0.25) is 0 Å². The first-order valence-electron chi connectivity index (χ1n) is 6.26. The molecule has 1 aromatic carbocycles. The van der Waals surface area contributed by atoms with Gasteiger partial charge >= 0.3 is 0 Å². The molecule has 6 nitrogen and oxygen atoms in total. The fourth-order valence-electron chi connectivity index (χ4n) is 2.20. The molecule has 1 N–H and O–H groups in total. The minimum absolute atomic E-state index is 0.276. The van der Waals surface area contributed by atoms with Gasteiger partial charge in [0.1, 0.15) is 0 Å². The first kappa shape index (κ1) is 13.9. The van der Waals surface area contributed by atoms with Gasteiger partial charge < -0.3 is 0 Å². The second-order valence-electron chi connectivity index (χ2n) is 4.49. The van der Waals surface area contributed by atoms with Gasteiger partial charge in [-0.25, -0.2) is 13.1 Å². The van der Waals surface area contributed by atoms with E-state index in [1.165, 1.54) is 5.56 Å². The largest absolute Gasteiger partial charge is 0.240 e. The number of aryl methyl sites for hydroxylation is 2. The smallest absolute Gasteiger partial charge is 0.211 e. The lowest BCUT2D eigenvalue weighted by atomic mass is 10.1. The molecule has 0 radical (unpaired) electrons. The molecular formula is C12H16N4O2S. The first-order chi connectivity index (χ1) is 9.13. The van der Waals surface area contributed by atoms with Crippen molar-refractivity contribution in [2.45, 2.75) is 30.6 Å². The third-order valence-electron chi connectivity index (χ3n) is 3.17. The molecule has 0 aromatic heterocycles. The predicted molar refractivity (Wildman–Crippen MR) is 72.3 cm³/mol. The van der Waals surface area contributed by atoms with Crippen LogP contribution >= 0.6 is 0 Å². The molecular weight excluding hydrogens is 264 g/mol. The van der Waals surface area contributed by atoms with Gasteiger partial charge in [-0.3, -0.25) is 0 Å². The average molecular weight is 280 g/mol. The summed E-state index contributed by atoms with van der Waals surface area (Å²) in [7, 11) is -3.45. The fourth-order valence-corrected chi connectivity index (χ4v) is 3.32. The van der Waals surface area contributed by atoms with Crippen LogP contribution in [0, 0.1) is 0 Å². The molecule has 0 amide bonds. The lowest BCUT2D eigenvalue weighted by Gasteiger charge is -2.07. The Labute approximate surface area is 112 Å². The van der Waals surface area contributed by atoms with Crippen molar-refractivity contribution >= 4 is 10.0 Å². The van der Waals surface area contributed by atoms with Crippen LogP contribution in [0.25, 0.3) is 10.4 Å². The Morgan fingerprint density at radius 3 is 2.89 bits per heavy atom. The maximum Gasteiger partial charge on any atom is 0.240 e. The van der Waals surface area contributed by atoms with Gasteiger partial charge in [0.15, 0.2) is 0 Å². The number of nitrogens with one attached hydrogen (secondary N) is 1. The average Bonchev–Trinajstić information content (AvgIpc) is 2.85. The van der Waals surface area contributed by atoms with Crippen molar-refractivity contribution in [2.75, 3.05) is 13.1 Å². The molecule has 0 unspecified atom stereocenters. The highest BCUT2D eigenvalue weighted by Crippen LogP contribution is 2.24. The van der Waals surface area contributed by atoms with Crippen molar-refractivity contribution in [1.29, 1.82) is 0 Å². The lowest BCUT2D eigenvalue weighted by molar-refractivity contribution is 0.579. The van der Waals surface area contributed by atoms with E-state index in [0.717, 1.165) is 24.8 Å². The topological polar surface area (TPSA) is 94.9 Å².